The van der Waals surface area contributed by atoms with Gasteiger partial charge in [0, 0.05) is 6.54 Å². The number of nitrogens with zero attached hydrogens (tertiary/aromatic N) is 4. The Morgan fingerprint density at radius 2 is 1.88 bits per heavy atom. The van der Waals surface area contributed by atoms with Crippen LogP contribution in [0, 0.1) is 0 Å². The van der Waals surface area contributed by atoms with Crippen LogP contribution >= 0.6 is 34.8 Å². The molecule has 1 aromatic rings. The first-order chi connectivity index (χ1) is 7.59. The number of alkyl halides is 3. The lowest BCUT2D eigenvalue weighted by Gasteiger charge is -2.38. The quantitative estimate of drug-likeness (QED) is 0.586. The normalized spacial score (nSPS) is 23.3. The third-order valence-corrected chi connectivity index (χ3v) is 3.29. The Morgan fingerprint density at radius 1 is 1.19 bits per heavy atom. The van der Waals surface area contributed by atoms with Gasteiger partial charge in [0.1, 0.15) is 18.5 Å². The molecule has 1 aliphatic rings. The van der Waals surface area contributed by atoms with Crippen molar-refractivity contribution in [3.8, 4) is 0 Å². The SMILES string of the molecule is ClC(Cl)(Cl)N1CCCCC1c1ncncn1. The average Bonchev–Trinajstić information content (AvgIpc) is 2.29. The monoisotopic (exact) mass is 280 g/mol. The van der Waals surface area contributed by atoms with E-state index in [1.807, 2.05) is 0 Å². The lowest BCUT2D eigenvalue weighted by atomic mass is 10.0. The zero-order valence-corrected chi connectivity index (χ0v) is 10.8. The Hall–Kier alpha value is -0.160. The van der Waals surface area contributed by atoms with E-state index in [-0.39, 0.29) is 6.04 Å². The van der Waals surface area contributed by atoms with Gasteiger partial charge in [-0.25, -0.2) is 19.9 Å². The van der Waals surface area contributed by atoms with Crippen molar-refractivity contribution in [2.75, 3.05) is 6.54 Å². The minimum atomic E-state index is -1.41. The van der Waals surface area contributed by atoms with E-state index in [2.05, 4.69) is 15.0 Å². The van der Waals surface area contributed by atoms with Gasteiger partial charge in [-0.15, -0.1) is 0 Å². The van der Waals surface area contributed by atoms with E-state index < -0.39 is 3.92 Å². The first-order valence-electron chi connectivity index (χ1n) is 5.04. The van der Waals surface area contributed by atoms with Crippen LogP contribution in [0.5, 0.6) is 0 Å². The average molecular weight is 282 g/mol. The molecule has 7 heteroatoms. The van der Waals surface area contributed by atoms with Gasteiger partial charge in [0.2, 0.25) is 3.92 Å². The van der Waals surface area contributed by atoms with Crippen molar-refractivity contribution in [1.82, 2.24) is 19.9 Å². The minimum Gasteiger partial charge on any atom is -0.249 e. The molecule has 1 saturated heterocycles. The number of hydrogen-bond donors (Lipinski definition) is 0. The van der Waals surface area contributed by atoms with Gasteiger partial charge >= 0.3 is 0 Å². The second-order valence-corrected chi connectivity index (χ2v) is 5.89. The Kier molecular flexibility index (Phi) is 3.85. The fourth-order valence-electron chi connectivity index (χ4n) is 1.92. The molecule has 2 rings (SSSR count). The zero-order valence-electron chi connectivity index (χ0n) is 8.48. The summed E-state index contributed by atoms with van der Waals surface area (Å²) in [4.78, 5) is 13.8. The predicted octanol–water partition coefficient (Wildman–Crippen LogP) is 2.73. The summed E-state index contributed by atoms with van der Waals surface area (Å²) in [5.41, 5.74) is 0. The van der Waals surface area contributed by atoms with Crippen LogP contribution in [0.2, 0.25) is 0 Å². The van der Waals surface area contributed by atoms with Gasteiger partial charge in [-0.2, -0.15) is 0 Å². The van der Waals surface area contributed by atoms with Gasteiger partial charge < -0.3 is 0 Å². The summed E-state index contributed by atoms with van der Waals surface area (Å²) in [6.45, 7) is 0.743. The summed E-state index contributed by atoms with van der Waals surface area (Å²) in [6.07, 6.45) is 5.95. The van der Waals surface area contributed by atoms with Crippen molar-refractivity contribution in [2.45, 2.75) is 29.2 Å². The number of halogens is 3. The summed E-state index contributed by atoms with van der Waals surface area (Å²) in [6, 6.07) is -0.0377. The number of hydrogen-bond acceptors (Lipinski definition) is 4. The van der Waals surface area contributed by atoms with Crippen LogP contribution in [0.1, 0.15) is 31.1 Å². The Bertz CT molecular complexity index is 340. The van der Waals surface area contributed by atoms with E-state index in [4.69, 9.17) is 34.8 Å². The maximum Gasteiger partial charge on any atom is 0.248 e. The van der Waals surface area contributed by atoms with Gasteiger partial charge in [0.05, 0.1) is 6.04 Å². The van der Waals surface area contributed by atoms with Crippen LogP contribution in [0.3, 0.4) is 0 Å². The van der Waals surface area contributed by atoms with Gasteiger partial charge in [0.25, 0.3) is 0 Å². The molecular formula is C9H11Cl3N4. The largest absolute Gasteiger partial charge is 0.249 e. The fraction of sp³-hybridized carbons (Fsp3) is 0.667. The second kappa shape index (κ2) is 5.00. The number of likely N-dealkylation sites (tertiary alicyclic amines) is 1. The summed E-state index contributed by atoms with van der Waals surface area (Å²) in [5.74, 6) is 0.668. The highest BCUT2D eigenvalue weighted by atomic mass is 35.6. The molecule has 1 aliphatic heterocycles. The molecular weight excluding hydrogens is 270 g/mol. The van der Waals surface area contributed by atoms with Crippen LogP contribution in [-0.4, -0.2) is 30.3 Å². The molecule has 0 N–H and O–H groups in total. The Balaban J connectivity index is 2.24. The van der Waals surface area contributed by atoms with Crippen LogP contribution in [0.15, 0.2) is 12.7 Å². The van der Waals surface area contributed by atoms with Crippen LogP contribution < -0.4 is 0 Å². The van der Waals surface area contributed by atoms with Gasteiger partial charge in [-0.05, 0) is 12.8 Å². The third-order valence-electron chi connectivity index (χ3n) is 2.64. The van der Waals surface area contributed by atoms with E-state index in [0.29, 0.717) is 5.82 Å². The molecule has 0 amide bonds. The lowest BCUT2D eigenvalue weighted by molar-refractivity contribution is 0.139. The van der Waals surface area contributed by atoms with E-state index >= 15 is 0 Å². The molecule has 2 heterocycles. The van der Waals surface area contributed by atoms with Crippen molar-refractivity contribution >= 4 is 34.8 Å². The molecule has 1 unspecified atom stereocenters. The first-order valence-corrected chi connectivity index (χ1v) is 6.18. The maximum atomic E-state index is 5.94. The Labute approximate surface area is 109 Å². The Morgan fingerprint density at radius 3 is 2.50 bits per heavy atom. The highest BCUT2D eigenvalue weighted by Crippen LogP contribution is 2.41. The molecule has 0 radical (unpaired) electrons. The minimum absolute atomic E-state index is 0.0377. The highest BCUT2D eigenvalue weighted by Gasteiger charge is 2.38. The second-order valence-electron chi connectivity index (χ2n) is 3.67. The van der Waals surface area contributed by atoms with Crippen molar-refractivity contribution in [1.29, 1.82) is 0 Å². The lowest BCUT2D eigenvalue weighted by Crippen LogP contribution is -2.42. The van der Waals surface area contributed by atoms with Crippen molar-refractivity contribution in [3.05, 3.63) is 18.5 Å². The molecule has 1 fully saturated rings. The molecule has 0 bridgehead atoms. The smallest absolute Gasteiger partial charge is 0.248 e. The van der Waals surface area contributed by atoms with E-state index in [1.54, 1.807) is 4.90 Å². The molecule has 0 aromatic carbocycles. The maximum absolute atomic E-state index is 5.94. The topological polar surface area (TPSA) is 41.9 Å². The van der Waals surface area contributed by atoms with Crippen LogP contribution in [-0.2, 0) is 0 Å². The van der Waals surface area contributed by atoms with Gasteiger partial charge in [0.15, 0.2) is 0 Å². The summed E-state index contributed by atoms with van der Waals surface area (Å²) in [5, 5.41) is 0. The van der Waals surface area contributed by atoms with Gasteiger partial charge in [-0.1, -0.05) is 41.2 Å². The van der Waals surface area contributed by atoms with Crippen LogP contribution in [0.4, 0.5) is 0 Å². The third kappa shape index (κ3) is 2.74. The molecule has 0 saturated carbocycles. The van der Waals surface area contributed by atoms with Crippen molar-refractivity contribution in [2.24, 2.45) is 0 Å². The van der Waals surface area contributed by atoms with E-state index in [0.717, 1.165) is 25.8 Å². The van der Waals surface area contributed by atoms with Crippen molar-refractivity contribution in [3.63, 3.8) is 0 Å². The number of aromatic nitrogens is 3. The fourth-order valence-corrected chi connectivity index (χ4v) is 2.53. The predicted molar refractivity (Wildman–Crippen MR) is 63.4 cm³/mol. The highest BCUT2D eigenvalue weighted by molar-refractivity contribution is 6.67. The standard InChI is InChI=1S/C9H11Cl3N4/c10-9(11,12)16-4-2-1-3-7(16)8-14-5-13-6-15-8/h5-7H,1-4H2. The van der Waals surface area contributed by atoms with Gasteiger partial charge in [-0.3, -0.25) is 0 Å². The van der Waals surface area contributed by atoms with Crippen LogP contribution in [0.25, 0.3) is 0 Å². The van der Waals surface area contributed by atoms with E-state index in [9.17, 15) is 0 Å². The number of rotatable bonds is 1. The molecule has 16 heavy (non-hydrogen) atoms. The first kappa shape index (κ1) is 12.3. The molecule has 1 atom stereocenters. The molecule has 0 spiro atoms. The molecule has 1 aromatic heterocycles. The zero-order chi connectivity index (χ0) is 11.6. The summed E-state index contributed by atoms with van der Waals surface area (Å²) >= 11 is 17.8. The molecule has 4 nitrogen and oxygen atoms in total. The molecule has 88 valence electrons. The number of piperidine rings is 1. The van der Waals surface area contributed by atoms with E-state index in [1.165, 1.54) is 12.7 Å². The van der Waals surface area contributed by atoms with Crippen molar-refractivity contribution < 1.29 is 0 Å². The summed E-state index contributed by atoms with van der Waals surface area (Å²) < 4.78 is -1.41. The summed E-state index contributed by atoms with van der Waals surface area (Å²) in [7, 11) is 0. The molecule has 0 aliphatic carbocycles.